The van der Waals surface area contributed by atoms with E-state index in [0.29, 0.717) is 0 Å². The Hall–Kier alpha value is -1.68. The Kier molecular flexibility index (Phi) is 3.01. The highest BCUT2D eigenvalue weighted by molar-refractivity contribution is 5.32. The summed E-state index contributed by atoms with van der Waals surface area (Å²) in [6.45, 7) is 3.96. The van der Waals surface area contributed by atoms with Gasteiger partial charge in [0, 0.05) is 5.56 Å². The summed E-state index contributed by atoms with van der Waals surface area (Å²) < 4.78 is 5.04. The number of aromatic nitrogens is 2. The monoisotopic (exact) mass is 217 g/mol. The number of hydrogen-bond acceptors (Lipinski definition) is 4. The average molecular weight is 217 g/mol. The van der Waals surface area contributed by atoms with Gasteiger partial charge in [0.05, 0.1) is 30.0 Å². The summed E-state index contributed by atoms with van der Waals surface area (Å²) in [5.74, 6) is 0. The van der Waals surface area contributed by atoms with Gasteiger partial charge in [0.15, 0.2) is 0 Å². The first-order chi connectivity index (χ1) is 7.72. The van der Waals surface area contributed by atoms with Crippen molar-refractivity contribution in [3.63, 3.8) is 0 Å². The van der Waals surface area contributed by atoms with Crippen LogP contribution in [0.25, 0.3) is 0 Å². The van der Waals surface area contributed by atoms with Crippen molar-refractivity contribution < 1.29 is 4.42 Å². The fourth-order valence-electron chi connectivity index (χ4n) is 1.71. The molecule has 0 aliphatic carbocycles. The van der Waals surface area contributed by atoms with Gasteiger partial charge in [-0.2, -0.15) is 10.2 Å². The van der Waals surface area contributed by atoms with E-state index in [-0.39, 0.29) is 6.04 Å². The summed E-state index contributed by atoms with van der Waals surface area (Å²) in [6, 6.07) is 3.67. The highest BCUT2D eigenvalue weighted by atomic mass is 16.3. The molecular weight excluding hydrogens is 202 g/mol. The molecule has 16 heavy (non-hydrogen) atoms. The molecule has 0 aliphatic rings. The Morgan fingerprint density at radius 2 is 2.25 bits per heavy atom. The van der Waals surface area contributed by atoms with Crippen molar-refractivity contribution in [2.75, 3.05) is 0 Å². The van der Waals surface area contributed by atoms with Crippen LogP contribution < -0.4 is 5.73 Å². The second kappa shape index (κ2) is 4.45. The number of nitrogens with two attached hydrogens (primary N) is 1. The van der Waals surface area contributed by atoms with Crippen LogP contribution >= 0.6 is 0 Å². The molecule has 4 nitrogen and oxygen atoms in total. The van der Waals surface area contributed by atoms with Gasteiger partial charge in [-0.1, -0.05) is 6.92 Å². The van der Waals surface area contributed by atoms with Crippen LogP contribution in [0.15, 0.2) is 29.1 Å². The van der Waals surface area contributed by atoms with Gasteiger partial charge in [-0.25, -0.2) is 0 Å². The minimum atomic E-state index is -0.192. The van der Waals surface area contributed by atoms with E-state index in [0.717, 1.165) is 28.9 Å². The maximum absolute atomic E-state index is 6.18. The molecule has 2 heterocycles. The summed E-state index contributed by atoms with van der Waals surface area (Å²) >= 11 is 0. The summed E-state index contributed by atoms with van der Waals surface area (Å²) in [5, 5.41) is 8.21. The van der Waals surface area contributed by atoms with Crippen LogP contribution in [0.5, 0.6) is 0 Å². The first kappa shape index (κ1) is 10.8. The molecule has 0 bridgehead atoms. The molecule has 0 spiro atoms. The summed E-state index contributed by atoms with van der Waals surface area (Å²) in [4.78, 5) is 0. The van der Waals surface area contributed by atoms with Gasteiger partial charge in [-0.15, -0.1) is 0 Å². The van der Waals surface area contributed by atoms with Crippen LogP contribution in [0.3, 0.4) is 0 Å². The lowest BCUT2D eigenvalue weighted by Crippen LogP contribution is -2.15. The van der Waals surface area contributed by atoms with Crippen LogP contribution in [0.1, 0.15) is 35.5 Å². The molecule has 2 aromatic rings. The van der Waals surface area contributed by atoms with E-state index >= 15 is 0 Å². The molecule has 2 rings (SSSR count). The minimum Gasteiger partial charge on any atom is -0.472 e. The fourth-order valence-corrected chi connectivity index (χ4v) is 1.71. The van der Waals surface area contributed by atoms with Crippen molar-refractivity contribution >= 4 is 0 Å². The van der Waals surface area contributed by atoms with Gasteiger partial charge in [0.25, 0.3) is 0 Å². The third-order valence-electron chi connectivity index (χ3n) is 2.60. The number of hydrogen-bond donors (Lipinski definition) is 1. The normalized spacial score (nSPS) is 12.7. The Labute approximate surface area is 94.5 Å². The van der Waals surface area contributed by atoms with Crippen LogP contribution in [-0.2, 0) is 6.42 Å². The lowest BCUT2D eigenvalue weighted by molar-refractivity contribution is 0.561. The van der Waals surface area contributed by atoms with Crippen molar-refractivity contribution in [1.29, 1.82) is 0 Å². The maximum Gasteiger partial charge on any atom is 0.0953 e. The Bertz CT molecular complexity index is 465. The minimum absolute atomic E-state index is 0.192. The van der Waals surface area contributed by atoms with E-state index in [1.165, 1.54) is 0 Å². The van der Waals surface area contributed by atoms with Gasteiger partial charge in [-0.05, 0) is 31.0 Å². The summed E-state index contributed by atoms with van der Waals surface area (Å²) in [7, 11) is 0. The molecule has 1 unspecified atom stereocenters. The molecule has 2 N–H and O–H groups in total. The van der Waals surface area contributed by atoms with Crippen molar-refractivity contribution in [1.82, 2.24) is 10.2 Å². The zero-order valence-corrected chi connectivity index (χ0v) is 9.47. The molecule has 1 atom stereocenters. The van der Waals surface area contributed by atoms with E-state index in [4.69, 9.17) is 10.2 Å². The molecule has 0 radical (unpaired) electrons. The molecule has 0 fully saturated rings. The highest BCUT2D eigenvalue weighted by Gasteiger charge is 2.15. The molecule has 0 saturated carbocycles. The molecule has 2 aromatic heterocycles. The molecule has 4 heteroatoms. The van der Waals surface area contributed by atoms with Crippen LogP contribution in [-0.4, -0.2) is 10.2 Å². The quantitative estimate of drug-likeness (QED) is 0.853. The lowest BCUT2D eigenvalue weighted by Gasteiger charge is -2.13. The molecule has 0 amide bonds. The summed E-state index contributed by atoms with van der Waals surface area (Å²) in [5.41, 5.74) is 9.99. The first-order valence-corrected chi connectivity index (χ1v) is 5.33. The number of nitrogens with zero attached hydrogens (tertiary/aromatic N) is 2. The van der Waals surface area contributed by atoms with E-state index < -0.39 is 0 Å². The predicted molar refractivity (Wildman–Crippen MR) is 60.9 cm³/mol. The lowest BCUT2D eigenvalue weighted by atomic mass is 9.99. The average Bonchev–Trinajstić information content (AvgIpc) is 2.81. The Balaban J connectivity index is 2.42. The second-order valence-corrected chi connectivity index (χ2v) is 3.78. The van der Waals surface area contributed by atoms with Gasteiger partial charge < -0.3 is 10.2 Å². The van der Waals surface area contributed by atoms with E-state index in [9.17, 15) is 0 Å². The van der Waals surface area contributed by atoms with Crippen LogP contribution in [0.2, 0.25) is 0 Å². The molecule has 84 valence electrons. The fraction of sp³-hybridized carbons (Fsp3) is 0.333. The third-order valence-corrected chi connectivity index (χ3v) is 2.60. The van der Waals surface area contributed by atoms with Crippen molar-refractivity contribution in [3.05, 3.63) is 47.2 Å². The van der Waals surface area contributed by atoms with Crippen molar-refractivity contribution in [3.8, 4) is 0 Å². The number of aryl methyl sites for hydroxylation is 2. The summed E-state index contributed by atoms with van der Waals surface area (Å²) in [6.07, 6.45) is 4.12. The SMILES string of the molecule is CCc1nnc(C)cc1C(N)c1ccoc1. The van der Waals surface area contributed by atoms with Crippen molar-refractivity contribution in [2.24, 2.45) is 5.73 Å². The molecular formula is C12H15N3O. The first-order valence-electron chi connectivity index (χ1n) is 5.33. The van der Waals surface area contributed by atoms with Crippen molar-refractivity contribution in [2.45, 2.75) is 26.3 Å². The molecule has 0 aliphatic heterocycles. The van der Waals surface area contributed by atoms with Gasteiger partial charge in [0.2, 0.25) is 0 Å². The predicted octanol–water partition coefficient (Wildman–Crippen LogP) is 1.99. The Morgan fingerprint density at radius 1 is 1.44 bits per heavy atom. The Morgan fingerprint density at radius 3 is 2.88 bits per heavy atom. The third kappa shape index (κ3) is 1.97. The van der Waals surface area contributed by atoms with E-state index in [2.05, 4.69) is 10.2 Å². The maximum atomic E-state index is 6.18. The van der Waals surface area contributed by atoms with Crippen LogP contribution in [0, 0.1) is 6.92 Å². The zero-order valence-electron chi connectivity index (χ0n) is 9.47. The van der Waals surface area contributed by atoms with E-state index in [1.54, 1.807) is 12.5 Å². The highest BCUT2D eigenvalue weighted by Crippen LogP contribution is 2.22. The smallest absolute Gasteiger partial charge is 0.0953 e. The van der Waals surface area contributed by atoms with Gasteiger partial charge >= 0.3 is 0 Å². The van der Waals surface area contributed by atoms with Crippen LogP contribution in [0.4, 0.5) is 0 Å². The standard InChI is InChI=1S/C12H15N3O/c1-3-11-10(6-8(2)14-15-11)12(13)9-4-5-16-7-9/h4-7,12H,3,13H2,1-2H3. The van der Waals surface area contributed by atoms with E-state index in [1.807, 2.05) is 26.0 Å². The molecule has 0 saturated heterocycles. The van der Waals surface area contributed by atoms with Gasteiger partial charge in [-0.3, -0.25) is 0 Å². The molecule has 0 aromatic carbocycles. The second-order valence-electron chi connectivity index (χ2n) is 3.78. The number of furan rings is 1. The van der Waals surface area contributed by atoms with Gasteiger partial charge in [0.1, 0.15) is 0 Å². The largest absolute Gasteiger partial charge is 0.472 e. The number of rotatable bonds is 3. The topological polar surface area (TPSA) is 64.9 Å². The zero-order chi connectivity index (χ0) is 11.5.